The molecule has 0 amide bonds. The van der Waals surface area contributed by atoms with Gasteiger partial charge in [0.1, 0.15) is 0 Å². The van der Waals surface area contributed by atoms with Crippen LogP contribution in [-0.2, 0) is 20.3 Å². The zero-order valence-corrected chi connectivity index (χ0v) is 5.23. The maximum atomic E-state index is 9.53. The summed E-state index contributed by atoms with van der Waals surface area (Å²) >= 11 is 3.77. The van der Waals surface area contributed by atoms with Crippen molar-refractivity contribution in [2.45, 2.75) is 0 Å². The molecule has 6 heavy (non-hydrogen) atoms. The molecular weight excluding hydrogens is 138 g/mol. The molecule has 0 aliphatic rings. The molecule has 0 aromatic heterocycles. The van der Waals surface area contributed by atoms with Gasteiger partial charge in [-0.2, -0.15) is 0 Å². The quantitative estimate of drug-likeness (QED) is 0.366. The normalized spacial score (nSPS) is 5.67. The SMILES string of the molecule is C=C[C](=O)[Ni].[Al]. The number of hydrogen-bond acceptors (Lipinski definition) is 1. The molecule has 0 saturated heterocycles. The summed E-state index contributed by atoms with van der Waals surface area (Å²) in [5.74, 6) is 0. The minimum Gasteiger partial charge on any atom is 0 e. The van der Waals surface area contributed by atoms with E-state index < -0.39 is 0 Å². The van der Waals surface area contributed by atoms with Crippen LogP contribution < -0.4 is 0 Å². The van der Waals surface area contributed by atoms with E-state index in [1.54, 1.807) is 0 Å². The van der Waals surface area contributed by atoms with E-state index in [0.717, 1.165) is 6.08 Å². The van der Waals surface area contributed by atoms with Crippen molar-refractivity contribution in [3.63, 3.8) is 0 Å². The number of hydrogen-bond donors (Lipinski definition) is 0. The molecule has 0 rings (SSSR count). The van der Waals surface area contributed by atoms with Crippen LogP contribution in [0, 0.1) is 0 Å². The first-order chi connectivity index (χ1) is 2.27. The van der Waals surface area contributed by atoms with Gasteiger partial charge in [-0.1, -0.05) is 0 Å². The van der Waals surface area contributed by atoms with Crippen molar-refractivity contribution in [1.82, 2.24) is 0 Å². The maximum absolute atomic E-state index is 9.53. The van der Waals surface area contributed by atoms with E-state index in [2.05, 4.69) is 22.0 Å². The van der Waals surface area contributed by atoms with E-state index in [0.29, 0.717) is 0 Å². The van der Waals surface area contributed by atoms with Crippen LogP contribution in [0.5, 0.6) is 0 Å². The van der Waals surface area contributed by atoms with Gasteiger partial charge in [-0.3, -0.25) is 0 Å². The zero-order valence-electron chi connectivity index (χ0n) is 3.09. The monoisotopic (exact) mass is 140 g/mol. The largest absolute Gasteiger partial charge is 0 e. The summed E-state index contributed by atoms with van der Waals surface area (Å²) in [4.78, 5) is 9.53. The van der Waals surface area contributed by atoms with Crippen molar-refractivity contribution in [2.24, 2.45) is 0 Å². The Balaban J connectivity index is 0. The van der Waals surface area contributed by atoms with Gasteiger partial charge in [0.05, 0.1) is 0 Å². The third-order valence-electron chi connectivity index (χ3n) is 0.148. The van der Waals surface area contributed by atoms with Gasteiger partial charge in [0.15, 0.2) is 0 Å². The average Bonchev–Trinajstić information content (AvgIpc) is 1.38. The molecule has 0 spiro atoms. The summed E-state index contributed by atoms with van der Waals surface area (Å²) in [7, 11) is 0. The number of allylic oxidation sites excluding steroid dienone is 1. The molecule has 0 aliphatic carbocycles. The first-order valence-electron chi connectivity index (χ1n) is 1.06. The van der Waals surface area contributed by atoms with Crippen molar-refractivity contribution in [1.29, 1.82) is 0 Å². The summed E-state index contributed by atoms with van der Waals surface area (Å²) in [6.07, 6.45) is 1.11. The molecular formula is C3H3AlNiO. The fourth-order valence-corrected chi connectivity index (χ4v) is 0. The third-order valence-corrected chi connectivity index (χ3v) is 0.349. The van der Waals surface area contributed by atoms with Crippen molar-refractivity contribution >= 4 is 22.1 Å². The van der Waals surface area contributed by atoms with Crippen molar-refractivity contribution in [3.05, 3.63) is 12.7 Å². The van der Waals surface area contributed by atoms with Crippen molar-refractivity contribution in [2.75, 3.05) is 0 Å². The van der Waals surface area contributed by atoms with Crippen LogP contribution in [0.15, 0.2) is 12.7 Å². The Hall–Kier alpha value is 0.436. The van der Waals surface area contributed by atoms with E-state index >= 15 is 0 Å². The molecule has 34 valence electrons. The second-order valence-corrected chi connectivity index (χ2v) is 0.965. The Labute approximate surface area is 55.3 Å². The van der Waals surface area contributed by atoms with E-state index in [9.17, 15) is 4.79 Å². The number of rotatable bonds is 1. The first kappa shape index (κ1) is 9.66. The minimum absolute atomic E-state index is 0. The standard InChI is InChI=1S/C3H3O.Al.Ni/c1-2-3-4;;/h2H,1H2;;. The molecule has 0 aromatic carbocycles. The van der Waals surface area contributed by atoms with Crippen LogP contribution in [0.2, 0.25) is 0 Å². The van der Waals surface area contributed by atoms with E-state index in [1.165, 1.54) is 0 Å². The molecule has 0 saturated carbocycles. The number of carbonyl (C=O) groups excluding carboxylic acids is 1. The van der Waals surface area contributed by atoms with Gasteiger partial charge >= 0.3 is 37.7 Å². The Morgan fingerprint density at radius 1 is 1.83 bits per heavy atom. The Bertz CT molecular complexity index is 61.8. The summed E-state index contributed by atoms with van der Waals surface area (Å²) < 4.78 is -0.356. The predicted octanol–water partition coefficient (Wildman–Crippen LogP) is -0.135. The van der Waals surface area contributed by atoms with Crippen molar-refractivity contribution in [3.8, 4) is 0 Å². The third kappa shape index (κ3) is 8.83. The minimum atomic E-state index is -0.356. The first-order valence-corrected chi connectivity index (χ1v) is 1.55. The smallest absolute Gasteiger partial charge is 0 e. The average molecular weight is 141 g/mol. The molecule has 0 unspecified atom stereocenters. The summed E-state index contributed by atoms with van der Waals surface area (Å²) in [5, 5.41) is 0. The zero-order chi connectivity index (χ0) is 4.28. The Morgan fingerprint density at radius 3 is 2.00 bits per heavy atom. The molecule has 0 heterocycles. The van der Waals surface area contributed by atoms with E-state index in [4.69, 9.17) is 0 Å². The van der Waals surface area contributed by atoms with Gasteiger partial charge in [-0.15, -0.1) is 0 Å². The molecule has 3 radical (unpaired) electrons. The van der Waals surface area contributed by atoms with Crippen LogP contribution in [-0.4, -0.2) is 22.1 Å². The van der Waals surface area contributed by atoms with E-state index in [1.807, 2.05) is 0 Å². The Kier molecular flexibility index (Phi) is 8.76. The molecule has 0 bridgehead atoms. The fraction of sp³-hybridized carbons (Fsp3) is 0. The fourth-order valence-electron chi connectivity index (χ4n) is 0. The van der Waals surface area contributed by atoms with Crippen LogP contribution in [0.1, 0.15) is 0 Å². The van der Waals surface area contributed by atoms with Crippen LogP contribution in [0.4, 0.5) is 0 Å². The molecule has 0 fully saturated rings. The summed E-state index contributed by atoms with van der Waals surface area (Å²) in [5.41, 5.74) is 0. The van der Waals surface area contributed by atoms with Crippen molar-refractivity contribution < 1.29 is 20.3 Å². The van der Waals surface area contributed by atoms with Crippen LogP contribution >= 0.6 is 0 Å². The van der Waals surface area contributed by atoms with Gasteiger partial charge in [-0.05, 0) is 0 Å². The maximum Gasteiger partial charge on any atom is 0 e. The summed E-state index contributed by atoms with van der Waals surface area (Å²) in [6, 6.07) is 0. The van der Waals surface area contributed by atoms with Gasteiger partial charge in [0.2, 0.25) is 0 Å². The van der Waals surface area contributed by atoms with E-state index in [-0.39, 0.29) is 22.1 Å². The second-order valence-electron chi connectivity index (χ2n) is 0.478. The van der Waals surface area contributed by atoms with Gasteiger partial charge in [0, 0.05) is 17.4 Å². The van der Waals surface area contributed by atoms with Gasteiger partial charge in [0.25, 0.3) is 0 Å². The van der Waals surface area contributed by atoms with Gasteiger partial charge < -0.3 is 0 Å². The predicted molar refractivity (Wildman–Crippen MR) is 21.0 cm³/mol. The Morgan fingerprint density at radius 2 is 2.00 bits per heavy atom. The topological polar surface area (TPSA) is 17.1 Å². The molecule has 0 N–H and O–H groups in total. The summed E-state index contributed by atoms with van der Waals surface area (Å²) in [6.45, 7) is 3.12. The molecule has 0 aliphatic heterocycles. The van der Waals surface area contributed by atoms with Crippen LogP contribution in [0.3, 0.4) is 0 Å². The molecule has 1 nitrogen and oxygen atoms in total. The molecule has 0 atom stereocenters. The molecule has 0 aromatic rings. The van der Waals surface area contributed by atoms with Crippen LogP contribution in [0.25, 0.3) is 0 Å². The van der Waals surface area contributed by atoms with Gasteiger partial charge in [-0.25, -0.2) is 0 Å². The second kappa shape index (κ2) is 5.44. The number of carbonyl (C=O) groups is 1. The molecule has 3 heteroatoms.